The predicted molar refractivity (Wildman–Crippen MR) is 143 cm³/mol. The summed E-state index contributed by atoms with van der Waals surface area (Å²) in [6.45, 7) is 5.25. The Bertz CT molecular complexity index is 1140. The van der Waals surface area contributed by atoms with Crippen molar-refractivity contribution < 1.29 is 32.8 Å². The van der Waals surface area contributed by atoms with Crippen molar-refractivity contribution >= 4 is 6.08 Å². The molecule has 202 valence electrons. The lowest BCUT2D eigenvalue weighted by molar-refractivity contribution is -0.145. The van der Waals surface area contributed by atoms with Crippen molar-refractivity contribution in [3.05, 3.63) is 96.0 Å². The minimum absolute atomic E-state index is 0.0899. The Morgan fingerprint density at radius 1 is 0.895 bits per heavy atom. The van der Waals surface area contributed by atoms with Gasteiger partial charge in [-0.15, -0.1) is 0 Å². The van der Waals surface area contributed by atoms with Crippen molar-refractivity contribution in [1.29, 1.82) is 0 Å². The normalized spacial score (nSPS) is 26.8. The lowest BCUT2D eigenvalue weighted by Crippen LogP contribution is -2.38. The number of furan rings is 1. The maximum atomic E-state index is 6.59. The van der Waals surface area contributed by atoms with Gasteiger partial charge in [0.15, 0.2) is 5.79 Å². The Hall–Kier alpha value is -2.94. The van der Waals surface area contributed by atoms with Gasteiger partial charge in [0.25, 0.3) is 0 Å². The van der Waals surface area contributed by atoms with E-state index in [2.05, 4.69) is 12.1 Å². The molecule has 2 aliphatic rings. The molecule has 0 spiro atoms. The zero-order chi connectivity index (χ0) is 26.4. The van der Waals surface area contributed by atoms with Crippen LogP contribution in [0.1, 0.15) is 37.2 Å². The van der Waals surface area contributed by atoms with Gasteiger partial charge < -0.3 is 32.8 Å². The largest absolute Gasteiger partial charge is 0.497 e. The fourth-order valence-corrected chi connectivity index (χ4v) is 4.89. The van der Waals surface area contributed by atoms with Crippen molar-refractivity contribution in [2.75, 3.05) is 13.7 Å². The molecule has 0 saturated carbocycles. The summed E-state index contributed by atoms with van der Waals surface area (Å²) >= 11 is 0. The lowest BCUT2D eigenvalue weighted by Gasteiger charge is -2.26. The van der Waals surface area contributed by atoms with Gasteiger partial charge in [-0.05, 0) is 61.4 Å². The van der Waals surface area contributed by atoms with Crippen molar-refractivity contribution in [2.45, 2.75) is 69.8 Å². The van der Waals surface area contributed by atoms with Crippen molar-refractivity contribution in [2.24, 2.45) is 0 Å². The zero-order valence-corrected chi connectivity index (χ0v) is 22.2. The molecule has 2 fully saturated rings. The molecule has 2 saturated heterocycles. The Morgan fingerprint density at radius 2 is 1.63 bits per heavy atom. The average molecular weight is 521 g/mol. The molecule has 2 aliphatic heterocycles. The Labute approximate surface area is 224 Å². The predicted octanol–water partition coefficient (Wildman–Crippen LogP) is 5.78. The molecule has 5 atom stereocenters. The van der Waals surface area contributed by atoms with Gasteiger partial charge in [-0.3, -0.25) is 0 Å². The number of methoxy groups -OCH3 is 1. The lowest BCUT2D eigenvalue weighted by atomic mass is 10.0. The second-order valence-electron chi connectivity index (χ2n) is 10.1. The standard InChI is InChI=1S/C31H36O7/c1-31(2)36-21-26(38-31)18-28-30(35-19-22-8-5-4-6-9-22)29(27(37-28)16-15-25-10-7-17-33-25)34-20-23-11-13-24(32-3)14-12-23/h4-17,26-30H,18-21H2,1-3H3/b16-15+/t26?,27-,28+,29-,30-/m0/s1. The molecule has 0 N–H and O–H groups in total. The summed E-state index contributed by atoms with van der Waals surface area (Å²) in [5.74, 6) is 0.956. The summed E-state index contributed by atoms with van der Waals surface area (Å²) in [7, 11) is 1.66. The summed E-state index contributed by atoms with van der Waals surface area (Å²) in [4.78, 5) is 0. The van der Waals surface area contributed by atoms with Gasteiger partial charge in [0, 0.05) is 6.42 Å². The quantitative estimate of drug-likeness (QED) is 0.317. The Balaban J connectivity index is 1.37. The van der Waals surface area contributed by atoms with E-state index in [1.165, 1.54) is 0 Å². The highest BCUT2D eigenvalue weighted by Crippen LogP contribution is 2.35. The topological polar surface area (TPSA) is 68.5 Å². The van der Waals surface area contributed by atoms with Crippen LogP contribution >= 0.6 is 0 Å². The summed E-state index contributed by atoms with van der Waals surface area (Å²) in [5, 5.41) is 0. The van der Waals surface area contributed by atoms with Gasteiger partial charge in [0.2, 0.25) is 0 Å². The van der Waals surface area contributed by atoms with E-state index < -0.39 is 5.79 Å². The monoisotopic (exact) mass is 520 g/mol. The van der Waals surface area contributed by atoms with Crippen LogP contribution in [-0.4, -0.2) is 50.0 Å². The highest BCUT2D eigenvalue weighted by atomic mass is 16.7. The summed E-state index contributed by atoms with van der Waals surface area (Å²) in [6, 6.07) is 21.8. The smallest absolute Gasteiger partial charge is 0.163 e. The van der Waals surface area contributed by atoms with Gasteiger partial charge in [-0.2, -0.15) is 0 Å². The van der Waals surface area contributed by atoms with Crippen LogP contribution in [-0.2, 0) is 36.9 Å². The fraction of sp³-hybridized carbons (Fsp3) is 0.419. The molecule has 1 unspecified atom stereocenters. The van der Waals surface area contributed by atoms with E-state index in [0.29, 0.717) is 26.2 Å². The van der Waals surface area contributed by atoms with Crippen molar-refractivity contribution in [3.63, 3.8) is 0 Å². The number of benzene rings is 2. The summed E-state index contributed by atoms with van der Waals surface area (Å²) in [5.41, 5.74) is 2.13. The summed E-state index contributed by atoms with van der Waals surface area (Å²) < 4.78 is 42.4. The van der Waals surface area contributed by atoms with E-state index in [-0.39, 0.29) is 30.5 Å². The van der Waals surface area contributed by atoms with E-state index in [1.807, 2.05) is 80.6 Å². The first-order valence-corrected chi connectivity index (χ1v) is 13.1. The van der Waals surface area contributed by atoms with Gasteiger partial charge in [0.1, 0.15) is 29.8 Å². The van der Waals surface area contributed by atoms with Gasteiger partial charge in [0.05, 0.1) is 45.4 Å². The van der Waals surface area contributed by atoms with Crippen LogP contribution in [0.4, 0.5) is 0 Å². The molecule has 0 aliphatic carbocycles. The third-order valence-electron chi connectivity index (χ3n) is 6.79. The van der Waals surface area contributed by atoms with Crippen LogP contribution in [0.3, 0.4) is 0 Å². The van der Waals surface area contributed by atoms with Gasteiger partial charge in [-0.1, -0.05) is 42.5 Å². The fourth-order valence-electron chi connectivity index (χ4n) is 4.89. The maximum Gasteiger partial charge on any atom is 0.163 e. The number of hydrogen-bond acceptors (Lipinski definition) is 7. The number of rotatable bonds is 11. The molecule has 0 bridgehead atoms. The first-order chi connectivity index (χ1) is 18.5. The van der Waals surface area contributed by atoms with Crippen LogP contribution in [0.5, 0.6) is 5.75 Å². The molecule has 3 aromatic rings. The van der Waals surface area contributed by atoms with E-state index >= 15 is 0 Å². The molecule has 7 heteroatoms. The molecule has 0 amide bonds. The molecule has 0 radical (unpaired) electrons. The van der Waals surface area contributed by atoms with Crippen LogP contribution in [0, 0.1) is 0 Å². The van der Waals surface area contributed by atoms with E-state index in [0.717, 1.165) is 22.6 Å². The number of hydrogen-bond donors (Lipinski definition) is 0. The van der Waals surface area contributed by atoms with Crippen molar-refractivity contribution in [3.8, 4) is 5.75 Å². The minimum atomic E-state index is -0.605. The molecule has 38 heavy (non-hydrogen) atoms. The van der Waals surface area contributed by atoms with E-state index in [4.69, 9.17) is 32.8 Å². The molecular weight excluding hydrogens is 484 g/mol. The van der Waals surface area contributed by atoms with Crippen LogP contribution in [0.2, 0.25) is 0 Å². The zero-order valence-electron chi connectivity index (χ0n) is 22.2. The molecule has 3 heterocycles. The van der Waals surface area contributed by atoms with Crippen molar-refractivity contribution in [1.82, 2.24) is 0 Å². The number of ether oxygens (including phenoxy) is 6. The first-order valence-electron chi connectivity index (χ1n) is 13.1. The molecule has 7 nitrogen and oxygen atoms in total. The maximum absolute atomic E-state index is 6.59. The highest BCUT2D eigenvalue weighted by Gasteiger charge is 2.47. The van der Waals surface area contributed by atoms with Crippen LogP contribution in [0.25, 0.3) is 6.08 Å². The second-order valence-corrected chi connectivity index (χ2v) is 10.1. The SMILES string of the molecule is COc1ccc(CO[C@@H]2[C@@H](OCc3ccccc3)[C@@H](CC3COC(C)(C)O3)O[C@H]2/C=C/c2ccco2)cc1. The highest BCUT2D eigenvalue weighted by molar-refractivity contribution is 5.43. The molecule has 1 aromatic heterocycles. The third kappa shape index (κ3) is 6.92. The molecule has 2 aromatic carbocycles. The summed E-state index contributed by atoms with van der Waals surface area (Å²) in [6.07, 6.45) is 4.88. The average Bonchev–Trinajstić information content (AvgIpc) is 3.65. The molecule has 5 rings (SSSR count). The van der Waals surface area contributed by atoms with Crippen LogP contribution < -0.4 is 4.74 Å². The first kappa shape index (κ1) is 26.7. The Kier molecular flexibility index (Phi) is 8.61. The minimum Gasteiger partial charge on any atom is -0.497 e. The second kappa shape index (κ2) is 12.3. The van der Waals surface area contributed by atoms with E-state index in [9.17, 15) is 0 Å². The van der Waals surface area contributed by atoms with Gasteiger partial charge >= 0.3 is 0 Å². The van der Waals surface area contributed by atoms with Gasteiger partial charge in [-0.25, -0.2) is 0 Å². The van der Waals surface area contributed by atoms with Crippen LogP contribution in [0.15, 0.2) is 83.5 Å². The third-order valence-corrected chi connectivity index (χ3v) is 6.79. The molecular formula is C31H36O7. The van der Waals surface area contributed by atoms with E-state index in [1.54, 1.807) is 13.4 Å². The Morgan fingerprint density at radius 3 is 2.29 bits per heavy atom.